The summed E-state index contributed by atoms with van der Waals surface area (Å²) >= 11 is 0. The number of Topliss-reactive ketones (excluding diaryl/α,β-unsaturated/α-hetero) is 1. The zero-order valence-corrected chi connectivity index (χ0v) is 12.5. The molecule has 0 aliphatic heterocycles. The lowest BCUT2D eigenvalue weighted by Gasteiger charge is -2.11. The van der Waals surface area contributed by atoms with Gasteiger partial charge in [-0.25, -0.2) is 8.42 Å². The Kier molecular flexibility index (Phi) is 4.50. The third-order valence-corrected chi connectivity index (χ3v) is 4.29. The second-order valence-electron chi connectivity index (χ2n) is 4.58. The van der Waals surface area contributed by atoms with Crippen LogP contribution in [-0.4, -0.2) is 25.2 Å². The number of hydrogen-bond acceptors (Lipinski definition) is 3. The zero-order chi connectivity index (χ0) is 16.2. The van der Waals surface area contributed by atoms with Gasteiger partial charge in [0.15, 0.2) is 0 Å². The predicted octanol–water partition coefficient (Wildman–Crippen LogP) is 2.28. The van der Waals surface area contributed by atoms with Crippen molar-refractivity contribution in [1.29, 1.82) is 0 Å². The van der Waals surface area contributed by atoms with Crippen molar-refractivity contribution < 1.29 is 18.0 Å². The van der Waals surface area contributed by atoms with Crippen LogP contribution in [0.25, 0.3) is 5.53 Å². The second-order valence-corrected chi connectivity index (χ2v) is 6.26. The molecule has 112 valence electrons. The molecule has 2 rings (SSSR count). The van der Waals surface area contributed by atoms with Gasteiger partial charge in [-0.15, -0.1) is 0 Å². The van der Waals surface area contributed by atoms with Gasteiger partial charge in [0.2, 0.25) is 0 Å². The van der Waals surface area contributed by atoms with E-state index in [1.54, 1.807) is 31.2 Å². The molecule has 22 heavy (non-hydrogen) atoms. The minimum atomic E-state index is -3.81. The number of hydrogen-bond donors (Lipinski definition) is 1. The normalized spacial score (nSPS) is 10.6. The summed E-state index contributed by atoms with van der Waals surface area (Å²) in [4.78, 5) is 14.7. The Bertz CT molecular complexity index is 855. The first kappa shape index (κ1) is 15.6. The Hall–Kier alpha value is -2.76. The van der Waals surface area contributed by atoms with Gasteiger partial charge < -0.3 is 5.53 Å². The van der Waals surface area contributed by atoms with Gasteiger partial charge in [0.05, 0.1) is 16.1 Å². The van der Waals surface area contributed by atoms with Crippen LogP contribution in [-0.2, 0) is 10.0 Å². The van der Waals surface area contributed by atoms with Crippen molar-refractivity contribution in [3.05, 3.63) is 65.2 Å². The molecule has 0 radical (unpaired) electrons. The average molecular weight is 315 g/mol. The highest BCUT2D eigenvalue weighted by Gasteiger charge is 2.19. The van der Waals surface area contributed by atoms with Crippen molar-refractivity contribution >= 4 is 27.7 Å². The molecule has 0 aliphatic rings. The Morgan fingerprint density at radius 3 is 2.50 bits per heavy atom. The highest BCUT2D eigenvalue weighted by atomic mass is 32.2. The van der Waals surface area contributed by atoms with Crippen LogP contribution >= 0.6 is 0 Å². The number of rotatable bonds is 5. The monoisotopic (exact) mass is 315 g/mol. The van der Waals surface area contributed by atoms with Gasteiger partial charge in [0, 0.05) is 0 Å². The summed E-state index contributed by atoms with van der Waals surface area (Å²) in [5.41, 5.74) is 9.49. The minimum Gasteiger partial charge on any atom is -0.361 e. The van der Waals surface area contributed by atoms with Crippen LogP contribution in [0.2, 0.25) is 0 Å². The van der Waals surface area contributed by atoms with Crippen LogP contribution in [0.4, 0.5) is 5.69 Å². The van der Waals surface area contributed by atoms with E-state index in [1.807, 2.05) is 0 Å². The van der Waals surface area contributed by atoms with Gasteiger partial charge in [0.25, 0.3) is 15.8 Å². The van der Waals surface area contributed by atoms with Crippen molar-refractivity contribution in [2.45, 2.75) is 11.8 Å². The molecule has 0 amide bonds. The minimum absolute atomic E-state index is 0.0878. The lowest BCUT2D eigenvalue weighted by Crippen LogP contribution is -2.16. The van der Waals surface area contributed by atoms with Crippen LogP contribution in [0.1, 0.15) is 15.9 Å². The highest BCUT2D eigenvalue weighted by Crippen LogP contribution is 2.21. The number of aryl methyl sites for hydroxylation is 1. The smallest absolute Gasteiger partial charge is 0.328 e. The van der Waals surface area contributed by atoms with Gasteiger partial charge in [-0.3, -0.25) is 9.52 Å². The number of nitrogens with zero attached hydrogens (tertiary/aromatic N) is 2. The second kappa shape index (κ2) is 6.34. The number of sulfonamides is 1. The van der Waals surface area contributed by atoms with E-state index in [0.29, 0.717) is 0 Å². The molecular formula is C15H13N3O3S. The van der Waals surface area contributed by atoms with Gasteiger partial charge in [-0.05, 0) is 31.2 Å². The zero-order valence-electron chi connectivity index (χ0n) is 11.7. The van der Waals surface area contributed by atoms with Crippen LogP contribution < -0.4 is 4.72 Å². The molecule has 6 nitrogen and oxygen atoms in total. The maximum absolute atomic E-state index is 12.3. The Morgan fingerprint density at radius 1 is 1.18 bits per heavy atom. The quantitative estimate of drug-likeness (QED) is 0.396. The van der Waals surface area contributed by atoms with Crippen molar-refractivity contribution in [2.75, 3.05) is 4.72 Å². The standard InChI is InChI=1S/C15H13N3O3S/c1-11-7-8-14(13(9-11)15(19)10-17-16)18-22(20,21)12-5-3-2-4-6-12/h2-10,18H,1H3. The fourth-order valence-corrected chi connectivity index (χ4v) is 2.98. The summed E-state index contributed by atoms with van der Waals surface area (Å²) in [6.45, 7) is 1.77. The summed E-state index contributed by atoms with van der Waals surface area (Å²) in [5.74, 6) is -0.600. The first-order valence-electron chi connectivity index (χ1n) is 6.34. The van der Waals surface area contributed by atoms with E-state index in [0.717, 1.165) is 11.8 Å². The van der Waals surface area contributed by atoms with Crippen molar-refractivity contribution in [3.8, 4) is 0 Å². The molecule has 0 aliphatic carbocycles. The third kappa shape index (κ3) is 3.46. The molecule has 2 aromatic rings. The lowest BCUT2D eigenvalue weighted by molar-refractivity contribution is 0.00235. The number of anilines is 1. The number of carbonyl (C=O) groups excluding carboxylic acids is 1. The van der Waals surface area contributed by atoms with E-state index >= 15 is 0 Å². The van der Waals surface area contributed by atoms with E-state index < -0.39 is 15.8 Å². The van der Waals surface area contributed by atoms with E-state index in [1.165, 1.54) is 24.3 Å². The third-order valence-electron chi connectivity index (χ3n) is 2.91. The maximum atomic E-state index is 12.3. The van der Waals surface area contributed by atoms with E-state index in [2.05, 4.69) is 9.51 Å². The molecule has 0 aromatic heterocycles. The Morgan fingerprint density at radius 2 is 1.86 bits per heavy atom. The molecule has 0 fully saturated rings. The maximum Gasteiger partial charge on any atom is 0.328 e. The van der Waals surface area contributed by atoms with Crippen LogP contribution in [0, 0.1) is 6.92 Å². The average Bonchev–Trinajstić information content (AvgIpc) is 2.50. The van der Waals surface area contributed by atoms with Gasteiger partial charge in [0.1, 0.15) is 0 Å². The summed E-state index contributed by atoms with van der Waals surface area (Å²) < 4.78 is 27.0. The summed E-state index contributed by atoms with van der Waals surface area (Å²) in [7, 11) is -3.81. The molecule has 0 unspecified atom stereocenters. The Balaban J connectivity index is 2.46. The van der Waals surface area contributed by atoms with Crippen molar-refractivity contribution in [1.82, 2.24) is 0 Å². The van der Waals surface area contributed by atoms with Gasteiger partial charge >= 0.3 is 6.21 Å². The molecule has 0 saturated heterocycles. The summed E-state index contributed by atoms with van der Waals surface area (Å²) in [6, 6.07) is 12.5. The number of carbonyl (C=O) groups is 1. The van der Waals surface area contributed by atoms with Gasteiger partial charge in [-0.1, -0.05) is 29.8 Å². The number of benzene rings is 2. The molecule has 0 saturated carbocycles. The number of nitrogens with one attached hydrogen (secondary N) is 1. The van der Waals surface area contributed by atoms with Crippen LogP contribution in [0.5, 0.6) is 0 Å². The van der Waals surface area contributed by atoms with Crippen molar-refractivity contribution in [3.63, 3.8) is 0 Å². The summed E-state index contributed by atoms with van der Waals surface area (Å²) in [6.07, 6.45) is 0.717. The van der Waals surface area contributed by atoms with Gasteiger partial charge in [-0.2, -0.15) is 4.79 Å². The lowest BCUT2D eigenvalue weighted by atomic mass is 10.1. The highest BCUT2D eigenvalue weighted by molar-refractivity contribution is 7.92. The predicted molar refractivity (Wildman–Crippen MR) is 82.4 cm³/mol. The van der Waals surface area contributed by atoms with Crippen LogP contribution in [0.3, 0.4) is 0 Å². The largest absolute Gasteiger partial charge is 0.361 e. The Labute approximate surface area is 128 Å². The molecule has 0 atom stereocenters. The van der Waals surface area contributed by atoms with E-state index in [9.17, 15) is 13.2 Å². The van der Waals surface area contributed by atoms with Crippen molar-refractivity contribution in [2.24, 2.45) is 0 Å². The molecule has 7 heteroatoms. The topological polar surface area (TPSA) is 99.6 Å². The first-order valence-corrected chi connectivity index (χ1v) is 7.82. The SMILES string of the molecule is Cc1ccc(NS(=O)(=O)c2ccccc2)c(C(=O)C=[N+]=[N-])c1. The fraction of sp³-hybridized carbons (Fsp3) is 0.0667. The number of ketones is 1. The molecule has 0 spiro atoms. The molecule has 2 aromatic carbocycles. The molecule has 1 N–H and O–H groups in total. The first-order chi connectivity index (χ1) is 10.4. The summed E-state index contributed by atoms with van der Waals surface area (Å²) in [5, 5.41) is 0. The molecular weight excluding hydrogens is 302 g/mol. The van der Waals surface area contributed by atoms with Crippen LogP contribution in [0.15, 0.2) is 53.4 Å². The van der Waals surface area contributed by atoms with E-state index in [-0.39, 0.29) is 16.1 Å². The molecule has 0 bridgehead atoms. The van der Waals surface area contributed by atoms with E-state index in [4.69, 9.17) is 5.53 Å². The fourth-order valence-electron chi connectivity index (χ4n) is 1.88. The molecule has 0 heterocycles.